The molecule has 1 heterocycles. The van der Waals surface area contributed by atoms with Crippen LogP contribution in [0.3, 0.4) is 0 Å². The van der Waals surface area contributed by atoms with Crippen LogP contribution in [0.25, 0.3) is 0 Å². The zero-order chi connectivity index (χ0) is 22.1. The molecule has 7 nitrogen and oxygen atoms in total. The number of rotatable bonds is 11. The van der Waals surface area contributed by atoms with Gasteiger partial charge in [0.1, 0.15) is 19.0 Å². The highest BCUT2D eigenvalue weighted by Crippen LogP contribution is 2.54. The number of ether oxygens (including phenoxy) is 4. The molecule has 2 rings (SSSR count). The lowest BCUT2D eigenvalue weighted by Crippen LogP contribution is -2.45. The van der Waals surface area contributed by atoms with Crippen molar-refractivity contribution in [1.82, 2.24) is 0 Å². The summed E-state index contributed by atoms with van der Waals surface area (Å²) in [5.41, 5.74) is -1.12. The first-order valence-corrected chi connectivity index (χ1v) is 10.3. The van der Waals surface area contributed by atoms with Gasteiger partial charge in [0, 0.05) is 18.8 Å². The molecule has 0 aromatic heterocycles. The normalized spacial score (nSPS) is 31.1. The quantitative estimate of drug-likeness (QED) is 0.225. The van der Waals surface area contributed by atoms with Crippen LogP contribution in [0.5, 0.6) is 0 Å². The molecule has 2 aliphatic rings. The van der Waals surface area contributed by atoms with Gasteiger partial charge in [0.25, 0.3) is 0 Å². The second-order valence-corrected chi connectivity index (χ2v) is 7.89. The average Bonchev–Trinajstić information content (AvgIpc) is 3.26. The number of fused-ring (bicyclic) bond motifs is 1. The Morgan fingerprint density at radius 2 is 2.23 bits per heavy atom. The lowest BCUT2D eigenvalue weighted by molar-refractivity contribution is -0.218. The van der Waals surface area contributed by atoms with E-state index < -0.39 is 36.9 Å². The van der Waals surface area contributed by atoms with E-state index in [1.807, 2.05) is 13.0 Å². The van der Waals surface area contributed by atoms with E-state index in [0.717, 1.165) is 0 Å². The van der Waals surface area contributed by atoms with Gasteiger partial charge in [-0.2, -0.15) is 0 Å². The number of alkyl halides is 1. The molecule has 2 N–H and O–H groups in total. The Hall–Kier alpha value is -1.50. The molecule has 7 atom stereocenters. The number of aliphatic hydroxyl groups excluding tert-OH is 2. The minimum atomic E-state index is -1.47. The summed E-state index contributed by atoms with van der Waals surface area (Å²) in [4.78, 5) is 11.2. The topological polar surface area (TPSA) is 94.5 Å². The molecule has 0 amide bonds. The van der Waals surface area contributed by atoms with Crippen LogP contribution in [0.2, 0.25) is 0 Å². The number of hydrogen-bond donors (Lipinski definition) is 2. The van der Waals surface area contributed by atoms with E-state index in [2.05, 4.69) is 16.6 Å². The Balaban J connectivity index is 2.06. The van der Waals surface area contributed by atoms with Crippen molar-refractivity contribution >= 4 is 5.97 Å². The van der Waals surface area contributed by atoms with Gasteiger partial charge in [-0.25, -0.2) is 9.18 Å². The van der Waals surface area contributed by atoms with Crippen LogP contribution >= 0.6 is 0 Å². The van der Waals surface area contributed by atoms with Crippen LogP contribution in [0.4, 0.5) is 4.39 Å². The molecule has 30 heavy (non-hydrogen) atoms. The molecular formula is C22H33FO7. The molecule has 1 saturated heterocycles. The van der Waals surface area contributed by atoms with E-state index in [0.29, 0.717) is 25.7 Å². The molecule has 0 radical (unpaired) electrons. The summed E-state index contributed by atoms with van der Waals surface area (Å²) < 4.78 is 36.0. The smallest absolute Gasteiger partial charge is 0.331 e. The Kier molecular flexibility index (Phi) is 9.72. The molecule has 170 valence electrons. The van der Waals surface area contributed by atoms with E-state index in [9.17, 15) is 9.90 Å². The van der Waals surface area contributed by atoms with Crippen LogP contribution in [0.1, 0.15) is 39.5 Å². The number of aliphatic hydroxyl groups is 2. The van der Waals surface area contributed by atoms with Crippen molar-refractivity contribution in [1.29, 1.82) is 0 Å². The zero-order valence-electron chi connectivity index (χ0n) is 17.9. The molecule has 1 saturated carbocycles. The summed E-state index contributed by atoms with van der Waals surface area (Å²) >= 11 is 0. The number of allylic oxidation sites excluding steroid dienone is 1. The molecule has 8 heteroatoms. The minimum Gasteiger partial charge on any atom is -0.467 e. The zero-order valence-corrected chi connectivity index (χ0v) is 17.9. The maximum absolute atomic E-state index is 15.3. The van der Waals surface area contributed by atoms with Crippen LogP contribution in [0.15, 0.2) is 12.2 Å². The number of carbonyl (C=O) groups is 1. The third kappa shape index (κ3) is 6.02. The van der Waals surface area contributed by atoms with Gasteiger partial charge in [-0.1, -0.05) is 19.1 Å². The van der Waals surface area contributed by atoms with Crippen LogP contribution in [-0.4, -0.2) is 67.5 Å². The lowest BCUT2D eigenvalue weighted by Gasteiger charge is -2.33. The van der Waals surface area contributed by atoms with Crippen molar-refractivity contribution in [2.75, 3.05) is 27.1 Å². The van der Waals surface area contributed by atoms with Crippen molar-refractivity contribution < 1.29 is 38.3 Å². The largest absolute Gasteiger partial charge is 0.467 e. The van der Waals surface area contributed by atoms with Gasteiger partial charge >= 0.3 is 5.97 Å². The molecule has 0 bridgehead atoms. The maximum atomic E-state index is 15.3. The van der Waals surface area contributed by atoms with E-state index >= 15 is 4.39 Å². The standard InChI is InChI=1S/C22H33FO7/c1-4-5-6-15(2)18(25)8-7-16-9-10-22(17(16)11-21(30-22)29-14-24)19(23)12-28-13-20(26)27-3/h7-8,15-19,21,24-25H,6,9-14H2,1-3H3/t15?,16-,17+,18-,19?,21+,22+/m1/s1. The second kappa shape index (κ2) is 11.8. The fourth-order valence-corrected chi connectivity index (χ4v) is 4.32. The molecule has 1 aliphatic heterocycles. The third-order valence-corrected chi connectivity index (χ3v) is 6.05. The van der Waals surface area contributed by atoms with E-state index in [1.54, 1.807) is 13.0 Å². The average molecular weight is 428 g/mol. The van der Waals surface area contributed by atoms with Crippen LogP contribution in [0, 0.1) is 29.6 Å². The second-order valence-electron chi connectivity index (χ2n) is 7.89. The molecular weight excluding hydrogens is 395 g/mol. The fraction of sp³-hybridized carbons (Fsp3) is 0.773. The summed E-state index contributed by atoms with van der Waals surface area (Å²) in [5, 5.41) is 19.5. The Morgan fingerprint density at radius 3 is 2.90 bits per heavy atom. The molecule has 0 aromatic rings. The summed E-state index contributed by atoms with van der Waals surface area (Å²) in [6.07, 6.45) is 3.04. The van der Waals surface area contributed by atoms with Gasteiger partial charge in [0.2, 0.25) is 0 Å². The summed E-state index contributed by atoms with van der Waals surface area (Å²) in [6.45, 7) is 2.54. The van der Waals surface area contributed by atoms with Gasteiger partial charge in [-0.15, -0.1) is 11.8 Å². The molecule has 1 aliphatic carbocycles. The minimum absolute atomic E-state index is 0.00439. The van der Waals surface area contributed by atoms with Crippen molar-refractivity contribution in [2.45, 2.75) is 63.7 Å². The van der Waals surface area contributed by atoms with Gasteiger partial charge in [-0.3, -0.25) is 0 Å². The fourth-order valence-electron chi connectivity index (χ4n) is 4.32. The monoisotopic (exact) mass is 428 g/mol. The van der Waals surface area contributed by atoms with E-state index in [-0.39, 0.29) is 31.0 Å². The predicted octanol–water partition coefficient (Wildman–Crippen LogP) is 1.96. The molecule has 0 aromatic carbocycles. The summed E-state index contributed by atoms with van der Waals surface area (Å²) in [7, 11) is 1.24. The highest BCUT2D eigenvalue weighted by atomic mass is 19.1. The molecule has 2 fully saturated rings. The molecule has 2 unspecified atom stereocenters. The van der Waals surface area contributed by atoms with Crippen molar-refractivity contribution in [3.63, 3.8) is 0 Å². The van der Waals surface area contributed by atoms with Crippen molar-refractivity contribution in [3.8, 4) is 11.8 Å². The van der Waals surface area contributed by atoms with E-state index in [1.165, 1.54) is 7.11 Å². The number of halogens is 1. The number of esters is 1. The maximum Gasteiger partial charge on any atom is 0.331 e. The first kappa shape index (κ1) is 24.8. The lowest BCUT2D eigenvalue weighted by atomic mass is 9.82. The summed E-state index contributed by atoms with van der Waals surface area (Å²) in [6, 6.07) is 0. The van der Waals surface area contributed by atoms with E-state index in [4.69, 9.17) is 19.3 Å². The number of carbonyl (C=O) groups excluding carboxylic acids is 1. The molecule has 0 spiro atoms. The number of hydrogen-bond acceptors (Lipinski definition) is 7. The SMILES string of the molecule is CC#CCC(C)[C@H](O)C=C[C@@H]1CC[C@]2(C(F)COCC(=O)OC)O[C@H](OCO)C[C@@H]12. The number of methoxy groups -OCH3 is 1. The Morgan fingerprint density at radius 1 is 1.47 bits per heavy atom. The summed E-state index contributed by atoms with van der Waals surface area (Å²) in [5.74, 6) is 5.01. The van der Waals surface area contributed by atoms with Crippen LogP contribution in [-0.2, 0) is 23.7 Å². The van der Waals surface area contributed by atoms with Gasteiger partial charge in [0.15, 0.2) is 12.5 Å². The van der Waals surface area contributed by atoms with Gasteiger partial charge in [0.05, 0.1) is 19.8 Å². The third-order valence-electron chi connectivity index (χ3n) is 6.05. The highest BCUT2D eigenvalue weighted by Gasteiger charge is 2.60. The van der Waals surface area contributed by atoms with Crippen molar-refractivity contribution in [2.24, 2.45) is 17.8 Å². The van der Waals surface area contributed by atoms with Crippen LogP contribution < -0.4 is 0 Å². The predicted molar refractivity (Wildman–Crippen MR) is 107 cm³/mol. The van der Waals surface area contributed by atoms with Gasteiger partial charge in [-0.05, 0) is 31.6 Å². The highest BCUT2D eigenvalue weighted by molar-refractivity contribution is 5.70. The first-order valence-electron chi connectivity index (χ1n) is 10.3. The first-order chi connectivity index (χ1) is 14.4. The Bertz CT molecular complexity index is 643. The van der Waals surface area contributed by atoms with Crippen molar-refractivity contribution in [3.05, 3.63) is 12.2 Å². The van der Waals surface area contributed by atoms with Gasteiger partial charge < -0.3 is 29.2 Å². The Labute approximate surface area is 177 Å².